The number of cyclic esters (lactones) is 1. The molecule has 4 rings (SSSR count). The summed E-state index contributed by atoms with van der Waals surface area (Å²) in [5.74, 6) is -9.73. The van der Waals surface area contributed by atoms with E-state index < -0.39 is 120 Å². The minimum atomic E-state index is -1.92. The molecule has 0 spiro atoms. The Hall–Kier alpha value is -7.65. The molecule has 2 unspecified atom stereocenters. The highest BCUT2D eigenvalue weighted by molar-refractivity contribution is 6.05. The van der Waals surface area contributed by atoms with Gasteiger partial charge in [0, 0.05) is 19.9 Å². The van der Waals surface area contributed by atoms with Gasteiger partial charge in [-0.3, -0.25) is 38.4 Å². The number of rotatable bonds is 17. The number of unbranched alkanes of at least 4 members (excludes halogenated alkanes) is 2. The van der Waals surface area contributed by atoms with Crippen LogP contribution in [0, 0.1) is 5.92 Å². The lowest BCUT2D eigenvalue weighted by Crippen LogP contribution is -2.62. The summed E-state index contributed by atoms with van der Waals surface area (Å²) < 4.78 is 5.67. The molecule has 406 valence electrons. The summed E-state index contributed by atoms with van der Waals surface area (Å²) >= 11 is 0. The number of carbonyl (C=O) groups is 9. The molecule has 1 saturated heterocycles. The first-order valence-corrected chi connectivity index (χ1v) is 25.1. The van der Waals surface area contributed by atoms with Crippen molar-refractivity contribution in [2.75, 3.05) is 13.7 Å². The lowest BCUT2D eigenvalue weighted by Gasteiger charge is -2.31. The summed E-state index contributed by atoms with van der Waals surface area (Å²) in [6.07, 6.45) is 0.863. The average Bonchev–Trinajstić information content (AvgIpc) is 3.36. The molecule has 21 heteroatoms. The second-order valence-electron chi connectivity index (χ2n) is 19.0. The Morgan fingerprint density at radius 1 is 0.760 bits per heavy atom. The second-order valence-corrected chi connectivity index (χ2v) is 19.0. The highest BCUT2D eigenvalue weighted by atomic mass is 16.5. The van der Waals surface area contributed by atoms with E-state index in [2.05, 4.69) is 38.8 Å². The van der Waals surface area contributed by atoms with E-state index in [4.69, 9.17) is 10.5 Å². The van der Waals surface area contributed by atoms with Crippen LogP contribution in [0.2, 0.25) is 0 Å². The highest BCUT2D eigenvalue weighted by Crippen LogP contribution is 2.20. The third kappa shape index (κ3) is 18.7. The van der Waals surface area contributed by atoms with Gasteiger partial charge in [-0.05, 0) is 85.9 Å². The van der Waals surface area contributed by atoms with Crippen molar-refractivity contribution in [3.63, 3.8) is 0 Å². The van der Waals surface area contributed by atoms with Crippen molar-refractivity contribution < 1.29 is 63.2 Å². The molecular formula is C54H72N8O13. The van der Waals surface area contributed by atoms with E-state index in [-0.39, 0.29) is 37.4 Å². The summed E-state index contributed by atoms with van der Waals surface area (Å²) in [4.78, 5) is 127. The summed E-state index contributed by atoms with van der Waals surface area (Å²) in [6, 6.07) is 11.4. The zero-order valence-corrected chi connectivity index (χ0v) is 43.3. The monoisotopic (exact) mass is 1040 g/mol. The highest BCUT2D eigenvalue weighted by Gasteiger charge is 2.39. The molecule has 8 atom stereocenters. The van der Waals surface area contributed by atoms with Crippen molar-refractivity contribution in [2.24, 2.45) is 11.7 Å². The third-order valence-corrected chi connectivity index (χ3v) is 12.4. The Morgan fingerprint density at radius 2 is 1.35 bits per heavy atom. The molecule has 0 radical (unpaired) electrons. The summed E-state index contributed by atoms with van der Waals surface area (Å²) in [5.41, 5.74) is 7.87. The molecule has 3 aromatic rings. The molecule has 1 aliphatic rings. The van der Waals surface area contributed by atoms with Gasteiger partial charge in [-0.1, -0.05) is 100 Å². The van der Waals surface area contributed by atoms with Crippen molar-refractivity contribution in [2.45, 2.75) is 141 Å². The van der Waals surface area contributed by atoms with Crippen molar-refractivity contribution in [3.05, 3.63) is 107 Å². The van der Waals surface area contributed by atoms with Gasteiger partial charge in [0.1, 0.15) is 47.8 Å². The molecule has 8 amide bonds. The fourth-order valence-corrected chi connectivity index (χ4v) is 8.24. The molecular weight excluding hydrogens is 969 g/mol. The van der Waals surface area contributed by atoms with Gasteiger partial charge in [-0.2, -0.15) is 0 Å². The number of aromatic hydroxyl groups is 1. The molecule has 21 nitrogen and oxygen atoms in total. The number of phenols is 1. The number of carbonyl (C=O) groups excluding carboxylic acids is 9. The number of aliphatic hydroxyl groups is 2. The Kier molecular flexibility index (Phi) is 23.4. The first-order chi connectivity index (χ1) is 35.6. The average molecular weight is 1040 g/mol. The molecule has 0 bridgehead atoms. The van der Waals surface area contributed by atoms with Gasteiger partial charge in [-0.15, -0.1) is 0 Å². The minimum absolute atomic E-state index is 0.0111. The number of hydrogen-bond acceptors (Lipinski definition) is 13. The van der Waals surface area contributed by atoms with Crippen LogP contribution in [0.3, 0.4) is 0 Å². The van der Waals surface area contributed by atoms with Crippen LogP contribution in [0.1, 0.15) is 95.4 Å². The lowest BCUT2D eigenvalue weighted by atomic mass is 9.98. The number of nitrogens with zero attached hydrogens (tertiary/aromatic N) is 1. The molecule has 11 N–H and O–H groups in total. The van der Waals surface area contributed by atoms with Gasteiger partial charge in [0.15, 0.2) is 6.04 Å². The molecule has 0 aromatic heterocycles. The van der Waals surface area contributed by atoms with Crippen LogP contribution in [-0.2, 0) is 67.2 Å². The molecule has 0 saturated carbocycles. The van der Waals surface area contributed by atoms with Gasteiger partial charge in [0.05, 0.1) is 19.1 Å². The number of phenolic OH excluding ortho intramolecular Hbond substituents is 1. The summed E-state index contributed by atoms with van der Waals surface area (Å²) in [7, 11) is 1.22. The number of esters is 1. The molecule has 1 heterocycles. The summed E-state index contributed by atoms with van der Waals surface area (Å²) in [6.45, 7) is 6.94. The van der Waals surface area contributed by atoms with Gasteiger partial charge in [0.2, 0.25) is 35.4 Å². The van der Waals surface area contributed by atoms with Gasteiger partial charge in [-0.25, -0.2) is 4.79 Å². The van der Waals surface area contributed by atoms with Crippen LogP contribution in [0.25, 0.3) is 6.08 Å². The number of ether oxygens (including phenoxy) is 1. The van der Waals surface area contributed by atoms with E-state index in [1.54, 1.807) is 44.2 Å². The van der Waals surface area contributed by atoms with Crippen LogP contribution in [0.5, 0.6) is 5.75 Å². The number of likely N-dealkylation sites (N-methyl/N-ethyl adjacent to an activating group) is 1. The SMILES string of the molecule is CCCCCc1ccccc1CCC(=O)NC1C(=O)N(C)/C(=C\c2ccc(O)cc2)C(=O)N[C@@H](CC(C)C)C(=O)N[C@H](Cc2ccccc2)C(=O)N[C@@H]([C@H](C)O)C(=O)N[C@@H](CC(N)=O)C(=O)NC(CO)C(=O)O[C@@H]1C. The normalized spacial score (nSPS) is 22.8. The van der Waals surface area contributed by atoms with Crippen molar-refractivity contribution in [3.8, 4) is 5.75 Å². The van der Waals surface area contributed by atoms with Crippen LogP contribution >= 0.6 is 0 Å². The maximum atomic E-state index is 15.0. The first kappa shape index (κ1) is 59.9. The zero-order chi connectivity index (χ0) is 55.4. The molecule has 3 aromatic carbocycles. The maximum Gasteiger partial charge on any atom is 0.331 e. The van der Waals surface area contributed by atoms with E-state index in [1.807, 2.05) is 24.3 Å². The Morgan fingerprint density at radius 3 is 1.95 bits per heavy atom. The number of amides is 8. The predicted molar refractivity (Wildman–Crippen MR) is 276 cm³/mol. The van der Waals surface area contributed by atoms with Crippen molar-refractivity contribution in [1.82, 2.24) is 36.8 Å². The van der Waals surface area contributed by atoms with E-state index >= 15 is 0 Å². The number of benzene rings is 3. The standard InChI is InChI=1S/C54H72N8O13/c1-7-8-10-17-36-18-13-14-19-37(36)22-25-45(67)60-47-33(5)75-54(74)42(30-63)59-49(69)41(29-44(55)66)58-52(72)46(32(4)64)61-50(70)40(27-34-15-11-9-12-16-34)56-48(68)39(26-31(2)3)57-51(71)43(62(6)53(47)73)28-35-20-23-38(65)24-21-35/h9,11-16,18-21,23-24,28,31-33,39-42,46-47,63-65H,7-8,10,17,22,25-27,29-30H2,1-6H3,(H2,55,66)(H,56,68)(H,57,71)(H,58,72)(H,59,69)(H,60,67)(H,61,70)/b43-28-/t32-,33+,39-,40+,41-,42?,46-,47?/m0/s1. The molecule has 75 heavy (non-hydrogen) atoms. The van der Waals surface area contributed by atoms with Crippen LogP contribution in [0.15, 0.2) is 84.6 Å². The summed E-state index contributed by atoms with van der Waals surface area (Å²) in [5, 5.41) is 46.2. The maximum absolute atomic E-state index is 15.0. The molecule has 0 aliphatic carbocycles. The van der Waals surface area contributed by atoms with Crippen LogP contribution in [0.4, 0.5) is 0 Å². The molecule has 1 aliphatic heterocycles. The van der Waals surface area contributed by atoms with Gasteiger partial charge >= 0.3 is 5.97 Å². The Bertz CT molecular complexity index is 2500. The van der Waals surface area contributed by atoms with E-state index in [0.717, 1.165) is 48.6 Å². The lowest BCUT2D eigenvalue weighted by molar-refractivity contribution is -0.158. The van der Waals surface area contributed by atoms with Gasteiger partial charge in [0.25, 0.3) is 11.8 Å². The van der Waals surface area contributed by atoms with E-state index in [0.29, 0.717) is 11.1 Å². The second kappa shape index (κ2) is 29.3. The smallest absolute Gasteiger partial charge is 0.331 e. The van der Waals surface area contributed by atoms with Gasteiger partial charge < -0.3 is 62.6 Å². The first-order valence-electron chi connectivity index (χ1n) is 25.1. The quantitative estimate of drug-likeness (QED) is 0.0512. The minimum Gasteiger partial charge on any atom is -0.508 e. The van der Waals surface area contributed by atoms with E-state index in [1.165, 1.54) is 44.3 Å². The Balaban J connectivity index is 1.87. The number of aryl methyl sites for hydroxylation is 2. The topological polar surface area (TPSA) is 325 Å². The third-order valence-electron chi connectivity index (χ3n) is 12.4. The Labute approximate surface area is 436 Å². The van der Waals surface area contributed by atoms with E-state index in [9.17, 15) is 58.5 Å². The number of nitrogens with two attached hydrogens (primary N) is 1. The van der Waals surface area contributed by atoms with Crippen molar-refractivity contribution >= 4 is 59.3 Å². The number of primary amides is 1. The fraction of sp³-hybridized carbons (Fsp3) is 0.463. The number of aliphatic hydroxyl groups excluding tert-OH is 2. The van der Waals surface area contributed by atoms with Crippen molar-refractivity contribution in [1.29, 1.82) is 0 Å². The predicted octanol–water partition coefficient (Wildman–Crippen LogP) is 0.948. The van der Waals surface area contributed by atoms with Crippen LogP contribution in [-0.4, -0.2) is 136 Å². The fourth-order valence-electron chi connectivity index (χ4n) is 8.24. The molecule has 1 fully saturated rings. The number of hydrogen-bond donors (Lipinski definition) is 10. The van der Waals surface area contributed by atoms with Crippen LogP contribution < -0.4 is 37.6 Å². The number of nitrogens with one attached hydrogen (secondary N) is 6. The zero-order valence-electron chi connectivity index (χ0n) is 43.3. The largest absolute Gasteiger partial charge is 0.508 e.